The molecule has 0 spiro atoms. The molecule has 0 saturated carbocycles. The summed E-state index contributed by atoms with van der Waals surface area (Å²) in [5.74, 6) is 0.214. The lowest BCUT2D eigenvalue weighted by atomic mass is 9.87. The van der Waals surface area contributed by atoms with Gasteiger partial charge in [0.15, 0.2) is 18.2 Å². The van der Waals surface area contributed by atoms with Crippen LogP contribution in [0.15, 0.2) is 67.0 Å². The van der Waals surface area contributed by atoms with Crippen molar-refractivity contribution in [1.29, 1.82) is 0 Å². The second-order valence-corrected chi connectivity index (χ2v) is 9.25. The van der Waals surface area contributed by atoms with Crippen molar-refractivity contribution in [3.8, 4) is 5.75 Å². The Hall–Kier alpha value is -3.65. The van der Waals surface area contributed by atoms with Crippen molar-refractivity contribution < 1.29 is 13.9 Å². The molecule has 7 nitrogen and oxygen atoms in total. The molecule has 0 radical (unpaired) electrons. The molecule has 34 heavy (non-hydrogen) atoms. The summed E-state index contributed by atoms with van der Waals surface area (Å²) in [6.07, 6.45) is 3.30. The van der Waals surface area contributed by atoms with Gasteiger partial charge in [0.25, 0.3) is 5.91 Å². The lowest BCUT2D eigenvalue weighted by molar-refractivity contribution is 0.101. The highest BCUT2D eigenvalue weighted by Gasteiger charge is 2.14. The van der Waals surface area contributed by atoms with Crippen molar-refractivity contribution in [3.63, 3.8) is 0 Å². The fourth-order valence-corrected chi connectivity index (χ4v) is 3.51. The van der Waals surface area contributed by atoms with Crippen molar-refractivity contribution in [1.82, 2.24) is 19.6 Å². The van der Waals surface area contributed by atoms with Gasteiger partial charge in [-0.3, -0.25) is 9.48 Å². The van der Waals surface area contributed by atoms with Crippen molar-refractivity contribution in [2.24, 2.45) is 0 Å². The van der Waals surface area contributed by atoms with E-state index in [1.165, 1.54) is 21.0 Å². The number of nitrogens with one attached hydrogen (secondary N) is 1. The SMILES string of the molecule is CC(C)(C)c1ccc(OCn2ccc(C(=O)Nc3ccn(Cc4c(F)cccc4Cl)n3)n2)cc1. The van der Waals surface area contributed by atoms with Crippen LogP contribution >= 0.6 is 11.6 Å². The molecule has 1 amide bonds. The summed E-state index contributed by atoms with van der Waals surface area (Å²) in [7, 11) is 0. The number of benzene rings is 2. The van der Waals surface area contributed by atoms with E-state index in [-0.39, 0.29) is 24.4 Å². The molecule has 0 unspecified atom stereocenters. The summed E-state index contributed by atoms with van der Waals surface area (Å²) in [4.78, 5) is 12.6. The quantitative estimate of drug-likeness (QED) is 0.378. The topological polar surface area (TPSA) is 74.0 Å². The fraction of sp³-hybridized carbons (Fsp3) is 0.240. The molecule has 4 rings (SSSR count). The molecule has 0 bridgehead atoms. The van der Waals surface area contributed by atoms with Gasteiger partial charge in [0.1, 0.15) is 11.6 Å². The Balaban J connectivity index is 1.33. The van der Waals surface area contributed by atoms with Crippen LogP contribution in [-0.4, -0.2) is 25.5 Å². The summed E-state index contributed by atoms with van der Waals surface area (Å²) < 4.78 is 22.8. The molecular weight excluding hydrogens is 457 g/mol. The Morgan fingerprint density at radius 3 is 2.47 bits per heavy atom. The number of hydrogen-bond donors (Lipinski definition) is 1. The van der Waals surface area contributed by atoms with Crippen molar-refractivity contribution >= 4 is 23.3 Å². The summed E-state index contributed by atoms with van der Waals surface area (Å²) >= 11 is 6.07. The molecule has 2 aromatic heterocycles. The van der Waals surface area contributed by atoms with Crippen LogP contribution in [0.3, 0.4) is 0 Å². The number of aromatic nitrogens is 4. The highest BCUT2D eigenvalue weighted by atomic mass is 35.5. The highest BCUT2D eigenvalue weighted by molar-refractivity contribution is 6.31. The molecular formula is C25H25ClFN5O2. The number of amides is 1. The van der Waals surface area contributed by atoms with Crippen LogP contribution in [0.25, 0.3) is 0 Å². The van der Waals surface area contributed by atoms with Gasteiger partial charge in [0.05, 0.1) is 6.54 Å². The number of carbonyl (C=O) groups excluding carboxylic acids is 1. The largest absolute Gasteiger partial charge is 0.471 e. The zero-order valence-corrected chi connectivity index (χ0v) is 19.9. The maximum atomic E-state index is 14.0. The summed E-state index contributed by atoms with van der Waals surface area (Å²) in [5, 5.41) is 11.5. The van der Waals surface area contributed by atoms with Crippen LogP contribution in [0, 0.1) is 5.82 Å². The minimum Gasteiger partial charge on any atom is -0.471 e. The average Bonchev–Trinajstić information content (AvgIpc) is 3.44. The third-order valence-corrected chi connectivity index (χ3v) is 5.58. The molecule has 1 N–H and O–H groups in total. The molecule has 0 atom stereocenters. The van der Waals surface area contributed by atoms with Crippen LogP contribution in [-0.2, 0) is 18.7 Å². The van der Waals surface area contributed by atoms with E-state index < -0.39 is 11.7 Å². The van der Waals surface area contributed by atoms with Crippen LogP contribution in [0.5, 0.6) is 5.75 Å². The Kier molecular flexibility index (Phi) is 6.70. The first-order valence-corrected chi connectivity index (χ1v) is 11.1. The van der Waals surface area contributed by atoms with Crippen LogP contribution in [0.2, 0.25) is 5.02 Å². The Morgan fingerprint density at radius 1 is 1.03 bits per heavy atom. The third kappa shape index (κ3) is 5.63. The van der Waals surface area contributed by atoms with Gasteiger partial charge in [0.2, 0.25) is 0 Å². The molecule has 0 aliphatic rings. The fourth-order valence-electron chi connectivity index (χ4n) is 3.29. The number of ether oxygens (including phenoxy) is 1. The maximum absolute atomic E-state index is 14.0. The molecule has 0 fully saturated rings. The smallest absolute Gasteiger partial charge is 0.277 e. The maximum Gasteiger partial charge on any atom is 0.277 e. The standard InChI is InChI=1S/C25H25ClFN5O2/c1-25(2,3)17-7-9-18(10-8-17)34-16-32-13-11-22(29-32)24(33)28-23-12-14-31(30-23)15-19-20(26)5-4-6-21(19)27/h4-14H,15-16H2,1-3H3,(H,28,30,33). The molecule has 2 aromatic carbocycles. The van der Waals surface area contributed by atoms with Gasteiger partial charge in [-0.15, -0.1) is 0 Å². The van der Waals surface area contributed by atoms with Crippen LogP contribution in [0.4, 0.5) is 10.2 Å². The van der Waals surface area contributed by atoms with E-state index in [0.717, 1.165) is 5.75 Å². The highest BCUT2D eigenvalue weighted by Crippen LogP contribution is 2.24. The lowest BCUT2D eigenvalue weighted by Gasteiger charge is -2.19. The van der Waals surface area contributed by atoms with E-state index in [2.05, 4.69) is 36.3 Å². The summed E-state index contributed by atoms with van der Waals surface area (Å²) in [5.41, 5.74) is 1.84. The molecule has 176 valence electrons. The number of halogens is 2. The average molecular weight is 482 g/mol. The number of nitrogens with zero attached hydrogens (tertiary/aromatic N) is 4. The first-order chi connectivity index (χ1) is 16.2. The van der Waals surface area contributed by atoms with Gasteiger partial charge in [-0.05, 0) is 41.3 Å². The molecule has 2 heterocycles. The van der Waals surface area contributed by atoms with E-state index >= 15 is 0 Å². The number of hydrogen-bond acceptors (Lipinski definition) is 4. The predicted molar refractivity (Wildman–Crippen MR) is 129 cm³/mol. The van der Waals surface area contributed by atoms with Gasteiger partial charge < -0.3 is 10.1 Å². The number of anilines is 1. The van der Waals surface area contributed by atoms with E-state index in [9.17, 15) is 9.18 Å². The summed E-state index contributed by atoms with van der Waals surface area (Å²) in [6, 6.07) is 15.6. The Labute approximate surface area is 202 Å². The third-order valence-electron chi connectivity index (χ3n) is 5.22. The zero-order chi connectivity index (χ0) is 24.3. The first-order valence-electron chi connectivity index (χ1n) is 10.7. The van der Waals surface area contributed by atoms with E-state index in [1.54, 1.807) is 36.7 Å². The van der Waals surface area contributed by atoms with Gasteiger partial charge in [-0.1, -0.05) is 50.6 Å². The predicted octanol–water partition coefficient (Wildman–Crippen LogP) is 5.51. The molecule has 0 aliphatic heterocycles. The van der Waals surface area contributed by atoms with Gasteiger partial charge in [-0.2, -0.15) is 10.2 Å². The Bertz CT molecular complexity index is 1270. The monoisotopic (exact) mass is 481 g/mol. The summed E-state index contributed by atoms with van der Waals surface area (Å²) in [6.45, 7) is 6.78. The number of rotatable bonds is 7. The van der Waals surface area contributed by atoms with Crippen molar-refractivity contribution in [2.75, 3.05) is 5.32 Å². The van der Waals surface area contributed by atoms with Gasteiger partial charge in [-0.25, -0.2) is 9.07 Å². The zero-order valence-electron chi connectivity index (χ0n) is 19.1. The molecule has 0 aliphatic carbocycles. The molecule has 9 heteroatoms. The van der Waals surface area contributed by atoms with Gasteiger partial charge >= 0.3 is 0 Å². The lowest BCUT2D eigenvalue weighted by Crippen LogP contribution is -2.15. The van der Waals surface area contributed by atoms with E-state index in [4.69, 9.17) is 16.3 Å². The minimum absolute atomic E-state index is 0.0728. The van der Waals surface area contributed by atoms with Gasteiger partial charge in [0, 0.05) is 29.0 Å². The van der Waals surface area contributed by atoms with Crippen molar-refractivity contribution in [2.45, 2.75) is 39.5 Å². The van der Waals surface area contributed by atoms with E-state index in [1.807, 2.05) is 24.3 Å². The molecule has 4 aromatic rings. The van der Waals surface area contributed by atoms with Crippen molar-refractivity contribution in [3.05, 3.63) is 94.7 Å². The molecule has 0 saturated heterocycles. The second-order valence-electron chi connectivity index (χ2n) is 8.84. The first kappa shape index (κ1) is 23.5. The Morgan fingerprint density at radius 2 is 1.76 bits per heavy atom. The number of carbonyl (C=O) groups is 1. The van der Waals surface area contributed by atoms with Crippen LogP contribution in [0.1, 0.15) is 42.4 Å². The van der Waals surface area contributed by atoms with E-state index in [0.29, 0.717) is 16.4 Å². The second kappa shape index (κ2) is 9.69. The van der Waals surface area contributed by atoms with Crippen LogP contribution < -0.4 is 10.1 Å². The minimum atomic E-state index is -0.414. The normalized spacial score (nSPS) is 11.4.